The molecule has 0 saturated heterocycles. The number of nitrogens with two attached hydrogens (primary N) is 1. The van der Waals surface area contributed by atoms with E-state index in [0.717, 1.165) is 0 Å². The van der Waals surface area contributed by atoms with Gasteiger partial charge in [0, 0.05) is 21.2 Å². The number of halogens is 2. The van der Waals surface area contributed by atoms with Gasteiger partial charge in [0.05, 0.1) is 11.6 Å². The molecule has 5 nitrogen and oxygen atoms in total. The Kier molecular flexibility index (Phi) is 5.62. The van der Waals surface area contributed by atoms with E-state index in [1.807, 2.05) is 0 Å². The molecule has 0 fully saturated rings. The van der Waals surface area contributed by atoms with Crippen LogP contribution in [0.5, 0.6) is 5.75 Å². The quantitative estimate of drug-likeness (QED) is 0.608. The maximum absolute atomic E-state index is 13.9. The van der Waals surface area contributed by atoms with Gasteiger partial charge < -0.3 is 15.2 Å². The molecule has 0 aliphatic carbocycles. The first kappa shape index (κ1) is 19.1. The second-order valence-corrected chi connectivity index (χ2v) is 6.97. The topological polar surface area (TPSA) is 78.6 Å². The van der Waals surface area contributed by atoms with Crippen molar-refractivity contribution >= 4 is 44.9 Å². The van der Waals surface area contributed by atoms with Crippen molar-refractivity contribution in [3.8, 4) is 5.75 Å². The normalized spacial score (nSPS) is 10.8. The summed E-state index contributed by atoms with van der Waals surface area (Å²) in [6.45, 7) is 1.89. The Bertz CT molecular complexity index is 1020. The van der Waals surface area contributed by atoms with E-state index in [2.05, 4.69) is 0 Å². The van der Waals surface area contributed by atoms with Crippen LogP contribution in [-0.4, -0.2) is 18.5 Å². The lowest BCUT2D eigenvalue weighted by Crippen LogP contribution is -2.10. The van der Waals surface area contributed by atoms with Crippen molar-refractivity contribution < 1.29 is 23.5 Å². The highest BCUT2D eigenvalue weighted by atomic mass is 35.5. The minimum Gasteiger partial charge on any atom is -0.489 e. The molecule has 1 amide bonds. The number of hydrogen-bond donors (Lipinski definition) is 1. The fourth-order valence-corrected chi connectivity index (χ4v) is 4.00. The number of thiophene rings is 1. The number of carbonyl (C=O) groups is 2. The van der Waals surface area contributed by atoms with Gasteiger partial charge in [-0.05, 0) is 43.3 Å². The van der Waals surface area contributed by atoms with Gasteiger partial charge in [-0.25, -0.2) is 9.18 Å². The van der Waals surface area contributed by atoms with Crippen LogP contribution in [-0.2, 0) is 11.3 Å². The van der Waals surface area contributed by atoms with Crippen LogP contribution in [0.3, 0.4) is 0 Å². The van der Waals surface area contributed by atoms with Crippen molar-refractivity contribution in [2.75, 3.05) is 6.61 Å². The minimum atomic E-state index is -0.579. The standard InChI is InChI=1S/C19H15ClFNO4S/c1-2-25-19(24)17-12(15-14(27-17)8-7-13(21)16(15)20)9-26-11-5-3-10(4-6-11)18(22)23/h3-8H,2,9H2,1H3,(H2,22,23). The first-order chi connectivity index (χ1) is 12.9. The summed E-state index contributed by atoms with van der Waals surface area (Å²) in [7, 11) is 0. The molecule has 1 aromatic heterocycles. The van der Waals surface area contributed by atoms with Gasteiger partial charge in [0.15, 0.2) is 0 Å². The Morgan fingerprint density at radius 2 is 1.89 bits per heavy atom. The first-order valence-corrected chi connectivity index (χ1v) is 9.21. The summed E-state index contributed by atoms with van der Waals surface area (Å²) in [5, 5.41) is 0.362. The minimum absolute atomic E-state index is 0.0206. The molecule has 2 aromatic carbocycles. The number of amides is 1. The van der Waals surface area contributed by atoms with Gasteiger partial charge >= 0.3 is 5.97 Å². The lowest BCUT2D eigenvalue weighted by molar-refractivity contribution is 0.0529. The van der Waals surface area contributed by atoms with Gasteiger partial charge in [0.2, 0.25) is 5.91 Å². The predicted octanol–water partition coefficient (Wildman–Crippen LogP) is 4.55. The van der Waals surface area contributed by atoms with E-state index in [4.69, 9.17) is 26.8 Å². The Morgan fingerprint density at radius 1 is 1.19 bits per heavy atom. The highest BCUT2D eigenvalue weighted by molar-refractivity contribution is 7.21. The lowest BCUT2D eigenvalue weighted by Gasteiger charge is -2.09. The Morgan fingerprint density at radius 3 is 2.52 bits per heavy atom. The average molecular weight is 408 g/mol. The van der Waals surface area contributed by atoms with Crippen LogP contribution < -0.4 is 10.5 Å². The molecule has 0 spiro atoms. The van der Waals surface area contributed by atoms with Crippen LogP contribution in [0.15, 0.2) is 36.4 Å². The largest absolute Gasteiger partial charge is 0.489 e. The molecule has 0 aliphatic rings. The molecule has 140 valence electrons. The lowest BCUT2D eigenvalue weighted by atomic mass is 10.1. The highest BCUT2D eigenvalue weighted by Crippen LogP contribution is 2.38. The number of ether oxygens (including phenoxy) is 2. The van der Waals surface area contributed by atoms with Gasteiger partial charge in [-0.1, -0.05) is 11.6 Å². The molecular weight excluding hydrogens is 393 g/mol. The molecule has 3 aromatic rings. The van der Waals surface area contributed by atoms with Crippen molar-refractivity contribution in [3.05, 3.63) is 63.2 Å². The van der Waals surface area contributed by atoms with E-state index in [-0.39, 0.29) is 18.2 Å². The zero-order chi connectivity index (χ0) is 19.6. The number of fused-ring (bicyclic) bond motifs is 1. The number of primary amides is 1. The van der Waals surface area contributed by atoms with E-state index in [1.165, 1.54) is 29.5 Å². The van der Waals surface area contributed by atoms with Crippen molar-refractivity contribution in [1.29, 1.82) is 0 Å². The molecule has 0 bridgehead atoms. The SMILES string of the molecule is CCOC(=O)c1sc2ccc(F)c(Cl)c2c1COc1ccc(C(N)=O)cc1. The van der Waals surface area contributed by atoms with Crippen molar-refractivity contribution in [2.45, 2.75) is 13.5 Å². The van der Waals surface area contributed by atoms with E-state index in [9.17, 15) is 14.0 Å². The molecule has 0 aliphatic heterocycles. The summed E-state index contributed by atoms with van der Waals surface area (Å²) in [5.41, 5.74) is 6.01. The van der Waals surface area contributed by atoms with Gasteiger partial charge in [-0.3, -0.25) is 4.79 Å². The molecule has 0 radical (unpaired) electrons. The molecule has 2 N–H and O–H groups in total. The fourth-order valence-electron chi connectivity index (χ4n) is 2.55. The summed E-state index contributed by atoms with van der Waals surface area (Å²) in [6.07, 6.45) is 0. The van der Waals surface area contributed by atoms with Crippen LogP contribution in [0.25, 0.3) is 10.1 Å². The molecule has 3 rings (SSSR count). The van der Waals surface area contributed by atoms with E-state index >= 15 is 0 Å². The van der Waals surface area contributed by atoms with E-state index in [0.29, 0.717) is 31.8 Å². The molecule has 0 atom stereocenters. The Hall–Kier alpha value is -2.64. The highest BCUT2D eigenvalue weighted by Gasteiger charge is 2.23. The zero-order valence-corrected chi connectivity index (χ0v) is 15.8. The summed E-state index contributed by atoms with van der Waals surface area (Å²) in [5.74, 6) is -1.18. The molecule has 0 unspecified atom stereocenters. The van der Waals surface area contributed by atoms with Crippen LogP contribution in [0, 0.1) is 5.82 Å². The second kappa shape index (κ2) is 7.94. The number of carbonyl (C=O) groups excluding carboxylic acids is 2. The van der Waals surface area contributed by atoms with Gasteiger partial charge in [-0.2, -0.15) is 0 Å². The third kappa shape index (κ3) is 3.89. The van der Waals surface area contributed by atoms with Crippen LogP contribution in [0.2, 0.25) is 5.02 Å². The average Bonchev–Trinajstić information content (AvgIpc) is 3.03. The van der Waals surface area contributed by atoms with Crippen molar-refractivity contribution in [2.24, 2.45) is 5.73 Å². The van der Waals surface area contributed by atoms with Gasteiger partial charge in [0.1, 0.15) is 23.1 Å². The number of esters is 1. The van der Waals surface area contributed by atoms with Crippen molar-refractivity contribution in [1.82, 2.24) is 0 Å². The zero-order valence-electron chi connectivity index (χ0n) is 14.3. The third-order valence-corrected chi connectivity index (χ3v) is 5.37. The molecule has 0 saturated carbocycles. The van der Waals surface area contributed by atoms with Gasteiger partial charge in [-0.15, -0.1) is 11.3 Å². The molecular formula is C19H15ClFNO4S. The van der Waals surface area contributed by atoms with Crippen LogP contribution in [0.4, 0.5) is 4.39 Å². The Labute approximate surface area is 163 Å². The number of hydrogen-bond acceptors (Lipinski definition) is 5. The molecule has 1 heterocycles. The summed E-state index contributed by atoms with van der Waals surface area (Å²) in [4.78, 5) is 23.8. The predicted molar refractivity (Wildman–Crippen MR) is 102 cm³/mol. The maximum Gasteiger partial charge on any atom is 0.348 e. The number of benzene rings is 2. The second-order valence-electron chi connectivity index (χ2n) is 5.54. The third-order valence-electron chi connectivity index (χ3n) is 3.83. The fraction of sp³-hybridized carbons (Fsp3) is 0.158. The summed E-state index contributed by atoms with van der Waals surface area (Å²) < 4.78 is 25.4. The summed E-state index contributed by atoms with van der Waals surface area (Å²) in [6, 6.07) is 9.05. The van der Waals surface area contributed by atoms with Crippen LogP contribution >= 0.6 is 22.9 Å². The maximum atomic E-state index is 13.9. The Balaban J connectivity index is 1.98. The smallest absolute Gasteiger partial charge is 0.348 e. The first-order valence-electron chi connectivity index (χ1n) is 8.01. The molecule has 27 heavy (non-hydrogen) atoms. The van der Waals surface area contributed by atoms with Crippen molar-refractivity contribution in [3.63, 3.8) is 0 Å². The summed E-state index contributed by atoms with van der Waals surface area (Å²) >= 11 is 7.31. The monoisotopic (exact) mass is 407 g/mol. The number of rotatable bonds is 6. The van der Waals surface area contributed by atoms with Crippen LogP contribution in [0.1, 0.15) is 32.5 Å². The van der Waals surface area contributed by atoms with E-state index in [1.54, 1.807) is 25.1 Å². The molecule has 8 heteroatoms. The van der Waals surface area contributed by atoms with E-state index < -0.39 is 17.7 Å². The van der Waals surface area contributed by atoms with Gasteiger partial charge in [0.25, 0.3) is 0 Å².